The molecule has 0 spiro atoms. The molecule has 1 aromatic carbocycles. The van der Waals surface area contributed by atoms with Gasteiger partial charge in [0, 0.05) is 5.38 Å². The molecule has 0 bridgehead atoms. The number of amides is 1. The molecule has 1 amide bonds. The molecule has 3 rings (SSSR count). The van der Waals surface area contributed by atoms with Gasteiger partial charge in [-0.25, -0.2) is 4.98 Å². The summed E-state index contributed by atoms with van der Waals surface area (Å²) in [5, 5.41) is 7.26. The number of benzene rings is 1. The summed E-state index contributed by atoms with van der Waals surface area (Å²) in [6, 6.07) is 9.05. The summed E-state index contributed by atoms with van der Waals surface area (Å²) in [4.78, 5) is 18.0. The number of thiophene rings is 1. The predicted octanol–water partition coefficient (Wildman–Crippen LogP) is 4.14. The fourth-order valence-electron chi connectivity index (χ4n) is 2.02. The number of hydrogen-bond donors (Lipinski definition) is 1. The number of ether oxygens (including phenoxy) is 2. The maximum absolute atomic E-state index is 12.5. The number of nitrogens with zero attached hydrogens (tertiary/aromatic N) is 1. The van der Waals surface area contributed by atoms with E-state index in [1.165, 1.54) is 18.4 Å². The average Bonchev–Trinajstić information content (AvgIpc) is 3.25. The van der Waals surface area contributed by atoms with Crippen LogP contribution in [0.4, 0.5) is 5.13 Å². The summed E-state index contributed by atoms with van der Waals surface area (Å²) in [5.41, 5.74) is 1.26. The molecule has 2 aromatic heterocycles. The minimum absolute atomic E-state index is 0.284. The molecule has 0 saturated carbocycles. The molecule has 118 valence electrons. The number of aromatic nitrogens is 1. The van der Waals surface area contributed by atoms with Crippen LogP contribution in [0.2, 0.25) is 0 Å². The Bertz CT molecular complexity index is 813. The Kier molecular flexibility index (Phi) is 4.59. The highest BCUT2D eigenvalue weighted by Crippen LogP contribution is 2.29. The third kappa shape index (κ3) is 3.35. The normalized spacial score (nSPS) is 10.3. The van der Waals surface area contributed by atoms with Crippen LogP contribution < -0.4 is 14.8 Å². The van der Waals surface area contributed by atoms with Crippen molar-refractivity contribution >= 4 is 33.7 Å². The number of hydrogen-bond acceptors (Lipinski definition) is 6. The second-order valence-electron chi connectivity index (χ2n) is 4.54. The van der Waals surface area contributed by atoms with Crippen LogP contribution in [0.3, 0.4) is 0 Å². The van der Waals surface area contributed by atoms with Crippen molar-refractivity contribution in [2.45, 2.75) is 0 Å². The monoisotopic (exact) mass is 346 g/mol. The van der Waals surface area contributed by atoms with Gasteiger partial charge < -0.3 is 9.47 Å². The standard InChI is InChI=1S/C16H14N2O3S2/c1-20-10-5-6-13(21-2)11(8-10)15(19)18-16-17-12(9-23-16)14-4-3-7-22-14/h3-9H,1-2H3,(H,17,18,19). The highest BCUT2D eigenvalue weighted by Gasteiger charge is 2.16. The Hall–Kier alpha value is -2.38. The fourth-order valence-corrected chi connectivity index (χ4v) is 3.49. The molecule has 0 aliphatic heterocycles. The summed E-state index contributed by atoms with van der Waals surface area (Å²) in [6.45, 7) is 0. The van der Waals surface area contributed by atoms with Crippen LogP contribution in [0, 0.1) is 0 Å². The molecule has 5 nitrogen and oxygen atoms in total. The third-order valence-electron chi connectivity index (χ3n) is 3.15. The van der Waals surface area contributed by atoms with E-state index in [1.54, 1.807) is 36.6 Å². The number of thiazole rings is 1. The van der Waals surface area contributed by atoms with E-state index in [0.29, 0.717) is 22.2 Å². The van der Waals surface area contributed by atoms with E-state index >= 15 is 0 Å². The summed E-state index contributed by atoms with van der Waals surface area (Å²) < 4.78 is 10.4. The molecule has 0 aliphatic rings. The molecular weight excluding hydrogens is 332 g/mol. The van der Waals surface area contributed by atoms with Crippen molar-refractivity contribution in [2.75, 3.05) is 19.5 Å². The van der Waals surface area contributed by atoms with Gasteiger partial charge in [0.1, 0.15) is 11.5 Å². The van der Waals surface area contributed by atoms with E-state index in [0.717, 1.165) is 10.6 Å². The molecule has 0 atom stereocenters. The van der Waals surface area contributed by atoms with E-state index in [2.05, 4.69) is 10.3 Å². The molecule has 0 radical (unpaired) electrons. The molecule has 2 heterocycles. The largest absolute Gasteiger partial charge is 0.497 e. The van der Waals surface area contributed by atoms with E-state index < -0.39 is 0 Å². The Labute approximate surface area is 141 Å². The Morgan fingerprint density at radius 3 is 2.74 bits per heavy atom. The maximum atomic E-state index is 12.5. The lowest BCUT2D eigenvalue weighted by atomic mass is 10.2. The lowest BCUT2D eigenvalue weighted by molar-refractivity contribution is 0.102. The van der Waals surface area contributed by atoms with E-state index in [4.69, 9.17) is 9.47 Å². The van der Waals surface area contributed by atoms with Crippen molar-refractivity contribution in [2.24, 2.45) is 0 Å². The quantitative estimate of drug-likeness (QED) is 0.754. The van der Waals surface area contributed by atoms with Gasteiger partial charge in [0.2, 0.25) is 0 Å². The van der Waals surface area contributed by atoms with Gasteiger partial charge >= 0.3 is 0 Å². The Balaban J connectivity index is 1.82. The van der Waals surface area contributed by atoms with Gasteiger partial charge in [-0.15, -0.1) is 22.7 Å². The zero-order chi connectivity index (χ0) is 16.2. The smallest absolute Gasteiger partial charge is 0.261 e. The number of rotatable bonds is 5. The van der Waals surface area contributed by atoms with Gasteiger partial charge in [-0.05, 0) is 29.6 Å². The molecule has 0 fully saturated rings. The maximum Gasteiger partial charge on any atom is 0.261 e. The van der Waals surface area contributed by atoms with Gasteiger partial charge in [-0.1, -0.05) is 6.07 Å². The van der Waals surface area contributed by atoms with Crippen molar-refractivity contribution in [1.82, 2.24) is 4.98 Å². The summed E-state index contributed by atoms with van der Waals surface area (Å²) >= 11 is 3.00. The molecule has 23 heavy (non-hydrogen) atoms. The Morgan fingerprint density at radius 1 is 1.17 bits per heavy atom. The summed E-state index contributed by atoms with van der Waals surface area (Å²) in [7, 11) is 3.08. The first-order chi connectivity index (χ1) is 11.2. The molecular formula is C16H14N2O3S2. The van der Waals surface area contributed by atoms with Crippen molar-refractivity contribution in [3.8, 4) is 22.1 Å². The molecule has 0 saturated heterocycles. The number of carbonyl (C=O) groups is 1. The molecule has 0 unspecified atom stereocenters. The van der Waals surface area contributed by atoms with Gasteiger partial charge in [-0.3, -0.25) is 10.1 Å². The second-order valence-corrected chi connectivity index (χ2v) is 6.34. The lowest BCUT2D eigenvalue weighted by Crippen LogP contribution is -2.13. The third-order valence-corrected chi connectivity index (χ3v) is 4.80. The van der Waals surface area contributed by atoms with Gasteiger partial charge in [0.15, 0.2) is 5.13 Å². The molecule has 7 heteroatoms. The zero-order valence-corrected chi connectivity index (χ0v) is 14.2. The van der Waals surface area contributed by atoms with Crippen molar-refractivity contribution < 1.29 is 14.3 Å². The lowest BCUT2D eigenvalue weighted by Gasteiger charge is -2.09. The van der Waals surface area contributed by atoms with Crippen molar-refractivity contribution in [1.29, 1.82) is 0 Å². The number of nitrogens with one attached hydrogen (secondary N) is 1. The van der Waals surface area contributed by atoms with Gasteiger partial charge in [-0.2, -0.15) is 0 Å². The van der Waals surface area contributed by atoms with Gasteiger partial charge in [0.05, 0.1) is 30.4 Å². The number of methoxy groups -OCH3 is 2. The summed E-state index contributed by atoms with van der Waals surface area (Å²) in [5.74, 6) is 0.792. The first-order valence-corrected chi connectivity index (χ1v) is 8.50. The first kappa shape index (κ1) is 15.5. The minimum Gasteiger partial charge on any atom is -0.497 e. The van der Waals surface area contributed by atoms with Crippen LogP contribution in [0.1, 0.15) is 10.4 Å². The molecule has 3 aromatic rings. The topological polar surface area (TPSA) is 60.5 Å². The van der Waals surface area contributed by atoms with Gasteiger partial charge in [0.25, 0.3) is 5.91 Å². The molecule has 1 N–H and O–H groups in total. The SMILES string of the molecule is COc1ccc(OC)c(C(=O)Nc2nc(-c3cccs3)cs2)c1. The summed E-state index contributed by atoms with van der Waals surface area (Å²) in [6.07, 6.45) is 0. The van der Waals surface area contributed by atoms with Crippen molar-refractivity contribution in [3.63, 3.8) is 0 Å². The van der Waals surface area contributed by atoms with Crippen LogP contribution in [-0.2, 0) is 0 Å². The first-order valence-electron chi connectivity index (χ1n) is 6.74. The fraction of sp³-hybridized carbons (Fsp3) is 0.125. The zero-order valence-electron chi connectivity index (χ0n) is 12.5. The predicted molar refractivity (Wildman–Crippen MR) is 92.9 cm³/mol. The molecule has 0 aliphatic carbocycles. The van der Waals surface area contributed by atoms with E-state index in [1.807, 2.05) is 22.9 Å². The van der Waals surface area contributed by atoms with Crippen LogP contribution in [0.25, 0.3) is 10.6 Å². The second kappa shape index (κ2) is 6.80. The van der Waals surface area contributed by atoms with Crippen LogP contribution in [0.15, 0.2) is 41.1 Å². The van der Waals surface area contributed by atoms with Crippen molar-refractivity contribution in [3.05, 3.63) is 46.7 Å². The minimum atomic E-state index is -0.284. The van der Waals surface area contributed by atoms with Crippen LogP contribution in [-0.4, -0.2) is 25.1 Å². The Morgan fingerprint density at radius 2 is 2.04 bits per heavy atom. The van der Waals surface area contributed by atoms with E-state index in [-0.39, 0.29) is 5.91 Å². The number of carbonyl (C=O) groups excluding carboxylic acids is 1. The van der Waals surface area contributed by atoms with Crippen LogP contribution in [0.5, 0.6) is 11.5 Å². The average molecular weight is 346 g/mol. The van der Waals surface area contributed by atoms with E-state index in [9.17, 15) is 4.79 Å². The number of anilines is 1. The highest BCUT2D eigenvalue weighted by atomic mass is 32.1. The van der Waals surface area contributed by atoms with Crippen LogP contribution >= 0.6 is 22.7 Å². The highest BCUT2D eigenvalue weighted by molar-refractivity contribution is 7.16.